The highest BCUT2D eigenvalue weighted by Gasteiger charge is 2.53. The molecular formula is C18H17FN2O3S. The number of anilines is 1. The number of benzene rings is 2. The molecule has 130 valence electrons. The van der Waals surface area contributed by atoms with E-state index in [1.807, 2.05) is 6.07 Å². The van der Waals surface area contributed by atoms with Gasteiger partial charge in [0.1, 0.15) is 5.82 Å². The number of para-hydroxylation sites is 1. The maximum atomic E-state index is 14.0. The second kappa shape index (κ2) is 5.84. The molecule has 0 radical (unpaired) electrons. The first-order valence-electron chi connectivity index (χ1n) is 8.05. The fourth-order valence-corrected chi connectivity index (χ4v) is 5.61. The normalized spacial score (nSPS) is 24.6. The number of urea groups is 1. The van der Waals surface area contributed by atoms with E-state index in [1.165, 1.54) is 15.9 Å². The van der Waals surface area contributed by atoms with Crippen LogP contribution in [0.1, 0.15) is 5.56 Å². The Labute approximate surface area is 145 Å². The van der Waals surface area contributed by atoms with Crippen molar-refractivity contribution in [3.63, 3.8) is 0 Å². The zero-order valence-electron chi connectivity index (χ0n) is 13.4. The highest BCUT2D eigenvalue weighted by molar-refractivity contribution is 7.91. The van der Waals surface area contributed by atoms with Gasteiger partial charge in [-0.05, 0) is 18.2 Å². The highest BCUT2D eigenvalue weighted by atomic mass is 32.2. The molecule has 2 saturated heterocycles. The lowest BCUT2D eigenvalue weighted by molar-refractivity contribution is 0.205. The van der Waals surface area contributed by atoms with Gasteiger partial charge >= 0.3 is 6.03 Å². The van der Waals surface area contributed by atoms with Crippen LogP contribution in [0.3, 0.4) is 0 Å². The fraction of sp³-hybridized carbons (Fsp3) is 0.278. The van der Waals surface area contributed by atoms with E-state index in [9.17, 15) is 17.6 Å². The van der Waals surface area contributed by atoms with Crippen molar-refractivity contribution < 1.29 is 17.6 Å². The van der Waals surface area contributed by atoms with Gasteiger partial charge in [-0.15, -0.1) is 0 Å². The number of nitrogens with zero attached hydrogens (tertiary/aromatic N) is 2. The van der Waals surface area contributed by atoms with Crippen molar-refractivity contribution in [2.45, 2.75) is 18.6 Å². The predicted octanol–water partition coefficient (Wildman–Crippen LogP) is 2.43. The van der Waals surface area contributed by atoms with Gasteiger partial charge in [0.15, 0.2) is 9.84 Å². The monoisotopic (exact) mass is 360 g/mol. The van der Waals surface area contributed by atoms with Crippen LogP contribution in [0.4, 0.5) is 14.9 Å². The van der Waals surface area contributed by atoms with Gasteiger partial charge in [-0.25, -0.2) is 17.6 Å². The van der Waals surface area contributed by atoms with Crippen LogP contribution >= 0.6 is 0 Å². The van der Waals surface area contributed by atoms with Crippen LogP contribution < -0.4 is 4.90 Å². The number of amides is 2. The van der Waals surface area contributed by atoms with Gasteiger partial charge in [0.2, 0.25) is 0 Å². The predicted molar refractivity (Wildman–Crippen MR) is 92.5 cm³/mol. The second-order valence-corrected chi connectivity index (χ2v) is 8.57. The van der Waals surface area contributed by atoms with E-state index in [2.05, 4.69) is 0 Å². The van der Waals surface area contributed by atoms with Crippen LogP contribution in [-0.4, -0.2) is 42.9 Å². The zero-order valence-corrected chi connectivity index (χ0v) is 14.2. The Hall–Kier alpha value is -2.41. The fourth-order valence-electron chi connectivity index (χ4n) is 3.66. The molecule has 7 heteroatoms. The van der Waals surface area contributed by atoms with Crippen molar-refractivity contribution in [2.75, 3.05) is 16.4 Å². The van der Waals surface area contributed by atoms with E-state index >= 15 is 0 Å². The Balaban J connectivity index is 1.72. The van der Waals surface area contributed by atoms with Crippen molar-refractivity contribution in [1.29, 1.82) is 0 Å². The lowest BCUT2D eigenvalue weighted by Crippen LogP contribution is -2.37. The lowest BCUT2D eigenvalue weighted by atomic mass is 10.1. The SMILES string of the molecule is O=C1N(Cc2ccccc2F)[C@H]2CS(=O)(=O)C[C@@H]2N1c1ccccc1. The van der Waals surface area contributed by atoms with Crippen LogP contribution in [-0.2, 0) is 16.4 Å². The summed E-state index contributed by atoms with van der Waals surface area (Å²) in [5.74, 6) is -0.543. The Kier molecular flexibility index (Phi) is 3.76. The maximum Gasteiger partial charge on any atom is 0.325 e. The second-order valence-electron chi connectivity index (χ2n) is 6.42. The number of hydrogen-bond acceptors (Lipinski definition) is 3. The minimum atomic E-state index is -3.23. The number of sulfone groups is 1. The average Bonchev–Trinajstić information content (AvgIpc) is 3.01. The van der Waals surface area contributed by atoms with Crippen LogP contribution in [0.25, 0.3) is 0 Å². The third-order valence-electron chi connectivity index (χ3n) is 4.81. The summed E-state index contributed by atoms with van der Waals surface area (Å²) in [6, 6.07) is 14.1. The molecule has 0 N–H and O–H groups in total. The molecule has 0 saturated carbocycles. The van der Waals surface area contributed by atoms with Gasteiger partial charge in [0.05, 0.1) is 30.1 Å². The molecule has 2 aliphatic heterocycles. The molecule has 0 spiro atoms. The van der Waals surface area contributed by atoms with Gasteiger partial charge in [0, 0.05) is 11.3 Å². The molecule has 4 rings (SSSR count). The van der Waals surface area contributed by atoms with Crippen LogP contribution in [0.5, 0.6) is 0 Å². The molecule has 2 fully saturated rings. The molecule has 0 unspecified atom stereocenters. The summed E-state index contributed by atoms with van der Waals surface area (Å²) in [5.41, 5.74) is 1.05. The number of carbonyl (C=O) groups is 1. The van der Waals surface area contributed by atoms with E-state index in [4.69, 9.17) is 0 Å². The van der Waals surface area contributed by atoms with Crippen molar-refractivity contribution in [2.24, 2.45) is 0 Å². The first-order chi connectivity index (χ1) is 12.0. The third-order valence-corrected chi connectivity index (χ3v) is 6.51. The molecule has 5 nitrogen and oxygen atoms in total. The molecule has 2 amide bonds. The van der Waals surface area contributed by atoms with E-state index in [0.29, 0.717) is 11.3 Å². The van der Waals surface area contributed by atoms with Gasteiger partial charge in [-0.1, -0.05) is 36.4 Å². The van der Waals surface area contributed by atoms with Crippen molar-refractivity contribution in [3.05, 3.63) is 66.0 Å². The molecule has 0 bridgehead atoms. The standard InChI is InChI=1S/C18H17FN2O3S/c19-15-9-5-4-6-13(15)10-20-16-11-25(23,24)12-17(16)21(18(20)22)14-7-2-1-3-8-14/h1-9,16-17H,10-12H2/t16-,17-/m0/s1. The molecular weight excluding hydrogens is 343 g/mol. The summed E-state index contributed by atoms with van der Waals surface area (Å²) in [6.07, 6.45) is 0. The van der Waals surface area contributed by atoms with Crippen LogP contribution in [0, 0.1) is 5.82 Å². The highest BCUT2D eigenvalue weighted by Crippen LogP contribution is 2.35. The third kappa shape index (κ3) is 2.78. The molecule has 2 aliphatic rings. The average molecular weight is 360 g/mol. The molecule has 2 aromatic rings. The number of hydrogen-bond donors (Lipinski definition) is 0. The first-order valence-corrected chi connectivity index (χ1v) is 9.87. The quantitative estimate of drug-likeness (QED) is 0.790. The number of halogens is 1. The number of carbonyl (C=O) groups excluding carboxylic acids is 1. The van der Waals surface area contributed by atoms with Crippen LogP contribution in [0.15, 0.2) is 54.6 Å². The Morgan fingerprint density at radius 2 is 1.60 bits per heavy atom. The van der Waals surface area contributed by atoms with Gasteiger partial charge in [-0.3, -0.25) is 4.90 Å². The number of rotatable bonds is 3. The summed E-state index contributed by atoms with van der Waals surface area (Å²) in [5, 5.41) is 0. The van der Waals surface area contributed by atoms with E-state index in [0.717, 1.165) is 0 Å². The summed E-state index contributed by atoms with van der Waals surface area (Å²) in [6.45, 7) is 0.0610. The molecule has 0 aromatic heterocycles. The van der Waals surface area contributed by atoms with Crippen molar-refractivity contribution in [3.8, 4) is 0 Å². The minimum absolute atomic E-state index is 0.0610. The summed E-state index contributed by atoms with van der Waals surface area (Å²) < 4.78 is 38.3. The molecule has 0 aliphatic carbocycles. The Bertz CT molecular complexity index is 917. The van der Waals surface area contributed by atoms with Gasteiger partial charge in [-0.2, -0.15) is 0 Å². The molecule has 2 heterocycles. The molecule has 25 heavy (non-hydrogen) atoms. The van der Waals surface area contributed by atoms with Gasteiger partial charge < -0.3 is 4.90 Å². The summed E-state index contributed by atoms with van der Waals surface area (Å²) >= 11 is 0. The number of fused-ring (bicyclic) bond motifs is 1. The summed E-state index contributed by atoms with van der Waals surface area (Å²) in [7, 11) is -3.23. The van der Waals surface area contributed by atoms with Crippen LogP contribution in [0.2, 0.25) is 0 Å². The van der Waals surface area contributed by atoms with Crippen molar-refractivity contribution in [1.82, 2.24) is 4.90 Å². The maximum absolute atomic E-state index is 14.0. The topological polar surface area (TPSA) is 57.7 Å². The van der Waals surface area contributed by atoms with E-state index in [1.54, 1.807) is 42.5 Å². The zero-order chi connectivity index (χ0) is 17.6. The Morgan fingerprint density at radius 3 is 2.32 bits per heavy atom. The lowest BCUT2D eigenvalue weighted by Gasteiger charge is -2.22. The van der Waals surface area contributed by atoms with Gasteiger partial charge in [0.25, 0.3) is 0 Å². The first kappa shape index (κ1) is 16.1. The largest absolute Gasteiger partial charge is 0.325 e. The van der Waals surface area contributed by atoms with E-state index in [-0.39, 0.29) is 24.1 Å². The molecule has 2 atom stereocenters. The van der Waals surface area contributed by atoms with Crippen molar-refractivity contribution >= 4 is 21.6 Å². The summed E-state index contributed by atoms with van der Waals surface area (Å²) in [4.78, 5) is 16.0. The molecule has 2 aromatic carbocycles. The Morgan fingerprint density at radius 1 is 0.960 bits per heavy atom. The van der Waals surface area contributed by atoms with E-state index < -0.39 is 27.7 Å². The minimum Gasteiger partial charge on any atom is -0.314 e. The smallest absolute Gasteiger partial charge is 0.314 e.